The van der Waals surface area contributed by atoms with Gasteiger partial charge in [0.05, 0.1) is 23.3 Å². The number of nitrogens with one attached hydrogen (secondary N) is 2. The summed E-state index contributed by atoms with van der Waals surface area (Å²) in [7, 11) is 0. The van der Waals surface area contributed by atoms with Crippen molar-refractivity contribution in [1.82, 2.24) is 14.9 Å². The minimum Gasteiger partial charge on any atom is -0.391 e. The van der Waals surface area contributed by atoms with Gasteiger partial charge in [-0.25, -0.2) is 4.39 Å². The zero-order valence-corrected chi connectivity index (χ0v) is 16.0. The van der Waals surface area contributed by atoms with Crippen molar-refractivity contribution in [3.8, 4) is 0 Å². The maximum Gasteiger partial charge on any atom is 0.272 e. The third-order valence-corrected chi connectivity index (χ3v) is 5.49. The van der Waals surface area contributed by atoms with Gasteiger partial charge in [0.2, 0.25) is 0 Å². The largest absolute Gasteiger partial charge is 0.391 e. The number of anilines is 1. The van der Waals surface area contributed by atoms with Gasteiger partial charge in [0.1, 0.15) is 11.5 Å². The van der Waals surface area contributed by atoms with Crippen LogP contribution in [0.2, 0.25) is 0 Å². The first-order valence-corrected chi connectivity index (χ1v) is 9.53. The first-order chi connectivity index (χ1) is 12.5. The van der Waals surface area contributed by atoms with Crippen molar-refractivity contribution in [3.05, 3.63) is 45.7 Å². The molecule has 1 amide bonds. The van der Waals surface area contributed by atoms with Crippen LogP contribution in [0.4, 0.5) is 10.1 Å². The predicted molar refractivity (Wildman–Crippen MR) is 106 cm³/mol. The highest BCUT2D eigenvalue weighted by atomic mass is 127. The van der Waals surface area contributed by atoms with E-state index in [1.54, 1.807) is 23.4 Å². The third-order valence-electron chi connectivity index (χ3n) is 4.74. The van der Waals surface area contributed by atoms with Crippen LogP contribution >= 0.6 is 22.6 Å². The zero-order valence-electron chi connectivity index (χ0n) is 13.9. The van der Waals surface area contributed by atoms with Gasteiger partial charge in [-0.3, -0.25) is 9.78 Å². The molecule has 1 saturated heterocycles. The monoisotopic (exact) mass is 468 g/mol. The summed E-state index contributed by atoms with van der Waals surface area (Å²) in [4.78, 5) is 21.8. The number of aromatic nitrogens is 2. The van der Waals surface area contributed by atoms with Gasteiger partial charge in [-0.15, -0.1) is 0 Å². The number of halogens is 2. The topological polar surface area (TPSA) is 81.2 Å². The Labute approximate surface area is 163 Å². The Balaban J connectivity index is 1.70. The number of nitrogens with zero attached hydrogens (tertiary/aromatic N) is 2. The maximum absolute atomic E-state index is 14.4. The molecule has 0 bridgehead atoms. The molecule has 2 aliphatic rings. The number of β-amino-alcohol motifs (C(OH)–C–C–N with tert-alkyl or cyclic N) is 1. The molecule has 136 valence electrons. The molecule has 1 fully saturated rings. The van der Waals surface area contributed by atoms with Crippen LogP contribution in [-0.4, -0.2) is 51.1 Å². The molecule has 0 spiro atoms. The van der Waals surface area contributed by atoms with Gasteiger partial charge in [-0.05, 0) is 47.6 Å². The molecule has 1 unspecified atom stereocenters. The number of carbonyl (C=O) groups excluding carboxylic acids is 1. The second kappa shape index (κ2) is 6.99. The number of H-pyrrole nitrogens is 1. The smallest absolute Gasteiger partial charge is 0.272 e. The summed E-state index contributed by atoms with van der Waals surface area (Å²) in [6, 6.07) is 1.26. The van der Waals surface area contributed by atoms with Crippen molar-refractivity contribution in [2.24, 2.45) is 0 Å². The number of hydrogen-bond acceptors (Lipinski definition) is 4. The van der Waals surface area contributed by atoms with E-state index in [0.29, 0.717) is 37.3 Å². The SMILES string of the molecule is O=C(c1[nH]c2ccncc2c1NC1CC=C(I)C=C1F)N1CC[C@@H](O)C1. The van der Waals surface area contributed by atoms with Gasteiger partial charge in [-0.2, -0.15) is 0 Å². The summed E-state index contributed by atoms with van der Waals surface area (Å²) in [5.74, 6) is -0.462. The van der Waals surface area contributed by atoms with Gasteiger partial charge in [0, 0.05) is 34.4 Å². The second-order valence-corrected chi connectivity index (χ2v) is 7.79. The van der Waals surface area contributed by atoms with Crippen LogP contribution in [0, 0.1) is 0 Å². The van der Waals surface area contributed by atoms with Crippen LogP contribution in [-0.2, 0) is 0 Å². The van der Waals surface area contributed by atoms with Crippen molar-refractivity contribution in [2.45, 2.75) is 25.0 Å². The standard InChI is InChI=1S/C18H18FIN4O2/c19-13-7-10(20)1-2-15(13)23-16-12-8-21-5-3-14(12)22-17(16)18(26)24-6-4-11(25)9-24/h1,3,5,7-8,11,15,22-23,25H,2,4,6,9H2/t11-,15?/m1/s1. The third kappa shape index (κ3) is 3.23. The van der Waals surface area contributed by atoms with E-state index in [0.717, 1.165) is 14.5 Å². The van der Waals surface area contributed by atoms with E-state index >= 15 is 0 Å². The minimum absolute atomic E-state index is 0.203. The van der Waals surface area contributed by atoms with Crippen LogP contribution in [0.1, 0.15) is 23.3 Å². The first kappa shape index (κ1) is 17.5. The fourth-order valence-corrected chi connectivity index (χ4v) is 3.92. The number of aromatic amines is 1. The van der Waals surface area contributed by atoms with E-state index in [1.165, 1.54) is 6.08 Å². The number of rotatable bonds is 3. The van der Waals surface area contributed by atoms with Crippen molar-refractivity contribution >= 4 is 45.1 Å². The van der Waals surface area contributed by atoms with Crippen LogP contribution in [0.15, 0.2) is 40.0 Å². The van der Waals surface area contributed by atoms with Crippen molar-refractivity contribution in [1.29, 1.82) is 0 Å². The van der Waals surface area contributed by atoms with Crippen molar-refractivity contribution < 1.29 is 14.3 Å². The molecule has 0 saturated carbocycles. The summed E-state index contributed by atoms with van der Waals surface area (Å²) in [5, 5.41) is 13.7. The Morgan fingerprint density at radius 3 is 3.08 bits per heavy atom. The summed E-state index contributed by atoms with van der Waals surface area (Å²) in [6.45, 7) is 0.816. The normalized spacial score (nSPS) is 23.1. The summed E-state index contributed by atoms with van der Waals surface area (Å²) < 4.78 is 15.2. The number of likely N-dealkylation sites (tertiary alicyclic amines) is 1. The van der Waals surface area contributed by atoms with E-state index in [4.69, 9.17) is 0 Å². The molecule has 1 aliphatic heterocycles. The number of pyridine rings is 1. The van der Waals surface area contributed by atoms with E-state index < -0.39 is 12.1 Å². The molecule has 0 radical (unpaired) electrons. The van der Waals surface area contributed by atoms with Gasteiger partial charge in [-0.1, -0.05) is 6.08 Å². The fraction of sp³-hybridized carbons (Fsp3) is 0.333. The lowest BCUT2D eigenvalue weighted by Gasteiger charge is -2.21. The van der Waals surface area contributed by atoms with Crippen LogP contribution < -0.4 is 5.32 Å². The van der Waals surface area contributed by atoms with Crippen LogP contribution in [0.5, 0.6) is 0 Å². The lowest BCUT2D eigenvalue weighted by atomic mass is 10.1. The van der Waals surface area contributed by atoms with Gasteiger partial charge in [0.25, 0.3) is 5.91 Å². The molecule has 8 heteroatoms. The van der Waals surface area contributed by atoms with E-state index in [1.807, 2.05) is 6.08 Å². The molecule has 2 atom stereocenters. The number of aliphatic hydroxyl groups excluding tert-OH is 1. The number of fused-ring (bicyclic) bond motifs is 1. The Bertz CT molecular complexity index is 923. The molecular formula is C18H18FIN4O2. The van der Waals surface area contributed by atoms with Crippen molar-refractivity contribution in [2.75, 3.05) is 18.4 Å². The number of aliphatic hydroxyl groups is 1. The second-order valence-electron chi connectivity index (χ2n) is 6.54. The fourth-order valence-electron chi connectivity index (χ4n) is 3.37. The van der Waals surface area contributed by atoms with Crippen LogP contribution in [0.3, 0.4) is 0 Å². The summed E-state index contributed by atoms with van der Waals surface area (Å²) in [6.07, 6.45) is 7.33. The van der Waals surface area contributed by atoms with E-state index in [9.17, 15) is 14.3 Å². The quantitative estimate of drug-likeness (QED) is 0.605. The van der Waals surface area contributed by atoms with Gasteiger partial charge in [0.15, 0.2) is 0 Å². The Hall–Kier alpha value is -1.94. The lowest BCUT2D eigenvalue weighted by Crippen LogP contribution is -2.31. The van der Waals surface area contributed by atoms with E-state index in [-0.39, 0.29) is 11.7 Å². The molecule has 1 aliphatic carbocycles. The maximum atomic E-state index is 14.4. The van der Waals surface area contributed by atoms with Crippen molar-refractivity contribution in [3.63, 3.8) is 0 Å². The van der Waals surface area contributed by atoms with Gasteiger partial charge < -0.3 is 20.3 Å². The average molecular weight is 468 g/mol. The zero-order chi connectivity index (χ0) is 18.3. The Morgan fingerprint density at radius 1 is 1.50 bits per heavy atom. The number of carbonyl (C=O) groups is 1. The number of allylic oxidation sites excluding steroid dienone is 2. The van der Waals surface area contributed by atoms with Crippen LogP contribution in [0.25, 0.3) is 10.9 Å². The molecule has 3 N–H and O–H groups in total. The molecule has 2 aromatic heterocycles. The van der Waals surface area contributed by atoms with Gasteiger partial charge >= 0.3 is 0 Å². The number of amides is 1. The molecule has 4 rings (SSSR count). The number of hydrogen-bond donors (Lipinski definition) is 3. The lowest BCUT2D eigenvalue weighted by molar-refractivity contribution is 0.0761. The molecule has 6 nitrogen and oxygen atoms in total. The average Bonchev–Trinajstić information content (AvgIpc) is 3.21. The molecule has 0 aromatic carbocycles. The highest BCUT2D eigenvalue weighted by molar-refractivity contribution is 14.1. The first-order valence-electron chi connectivity index (χ1n) is 8.45. The molecular weight excluding hydrogens is 450 g/mol. The highest BCUT2D eigenvalue weighted by Crippen LogP contribution is 2.33. The predicted octanol–water partition coefficient (Wildman–Crippen LogP) is 3.13. The Morgan fingerprint density at radius 2 is 2.35 bits per heavy atom. The summed E-state index contributed by atoms with van der Waals surface area (Å²) in [5.41, 5.74) is 1.69. The minimum atomic E-state index is -0.525. The Kier molecular flexibility index (Phi) is 4.70. The summed E-state index contributed by atoms with van der Waals surface area (Å²) >= 11 is 2.09. The molecule has 26 heavy (non-hydrogen) atoms. The highest BCUT2D eigenvalue weighted by Gasteiger charge is 2.30. The molecule has 3 heterocycles. The molecule has 2 aromatic rings. The van der Waals surface area contributed by atoms with E-state index in [2.05, 4.69) is 37.9 Å².